The fourth-order valence-corrected chi connectivity index (χ4v) is 4.28. The van der Waals surface area contributed by atoms with Gasteiger partial charge in [0.25, 0.3) is 5.91 Å². The maximum atomic E-state index is 13.0. The molecule has 4 heterocycles. The Morgan fingerprint density at radius 3 is 2.89 bits per heavy atom. The second-order valence-corrected chi connectivity index (χ2v) is 8.24. The molecule has 1 fully saturated rings. The summed E-state index contributed by atoms with van der Waals surface area (Å²) in [6, 6.07) is 5.29. The third kappa shape index (κ3) is 3.52. The van der Waals surface area contributed by atoms with Crippen molar-refractivity contribution in [2.45, 2.75) is 45.2 Å². The van der Waals surface area contributed by atoms with Gasteiger partial charge in [-0.3, -0.25) is 9.59 Å². The average Bonchev–Trinajstić information content (AvgIpc) is 3.37. The van der Waals surface area contributed by atoms with Crippen LogP contribution in [0.25, 0.3) is 11.0 Å². The van der Waals surface area contributed by atoms with Crippen LogP contribution in [-0.2, 0) is 4.79 Å². The van der Waals surface area contributed by atoms with Gasteiger partial charge in [-0.2, -0.15) is 5.10 Å². The first-order valence-electron chi connectivity index (χ1n) is 9.53. The van der Waals surface area contributed by atoms with Gasteiger partial charge in [-0.1, -0.05) is 6.07 Å². The summed E-state index contributed by atoms with van der Waals surface area (Å²) in [5, 5.41) is 10.1. The van der Waals surface area contributed by atoms with Gasteiger partial charge < -0.3 is 10.2 Å². The summed E-state index contributed by atoms with van der Waals surface area (Å²) in [4.78, 5) is 32.6. The molecule has 0 aromatic carbocycles. The minimum atomic E-state index is -0.461. The molecule has 8 heteroatoms. The van der Waals surface area contributed by atoms with E-state index in [9.17, 15) is 9.59 Å². The molecule has 0 saturated carbocycles. The highest BCUT2D eigenvalue weighted by Gasteiger charge is 2.33. The van der Waals surface area contributed by atoms with Gasteiger partial charge in [-0.25, -0.2) is 9.67 Å². The summed E-state index contributed by atoms with van der Waals surface area (Å²) in [5.41, 5.74) is 1.41. The second-order valence-electron chi connectivity index (χ2n) is 7.30. The molecule has 1 atom stereocenters. The SMILES string of the molecule is CC(C)n1ncc2cc(NC(=O)C3CCCCN3C(=O)c3cccs3)cnc21. The van der Waals surface area contributed by atoms with Gasteiger partial charge in [0.05, 0.1) is 23.0 Å². The van der Waals surface area contributed by atoms with Crippen LogP contribution < -0.4 is 5.32 Å². The van der Waals surface area contributed by atoms with Crippen molar-refractivity contribution in [2.24, 2.45) is 0 Å². The molecule has 0 bridgehead atoms. The van der Waals surface area contributed by atoms with E-state index in [1.807, 2.05) is 36.0 Å². The Hall–Kier alpha value is -2.74. The first kappa shape index (κ1) is 18.6. The second kappa shape index (κ2) is 7.71. The van der Waals surface area contributed by atoms with Crippen LogP contribution in [0.5, 0.6) is 0 Å². The monoisotopic (exact) mass is 397 g/mol. The molecule has 1 aliphatic rings. The molecular formula is C20H23N5O2S. The summed E-state index contributed by atoms with van der Waals surface area (Å²) in [5.74, 6) is -0.233. The molecule has 1 saturated heterocycles. The van der Waals surface area contributed by atoms with Crippen LogP contribution >= 0.6 is 11.3 Å². The molecule has 7 nitrogen and oxygen atoms in total. The third-order valence-corrected chi connectivity index (χ3v) is 5.85. The quantitative estimate of drug-likeness (QED) is 0.728. The lowest BCUT2D eigenvalue weighted by atomic mass is 10.0. The number of anilines is 1. The van der Waals surface area contributed by atoms with E-state index in [2.05, 4.69) is 15.4 Å². The summed E-state index contributed by atoms with van der Waals surface area (Å²) >= 11 is 1.41. The van der Waals surface area contributed by atoms with Gasteiger partial charge >= 0.3 is 0 Å². The Morgan fingerprint density at radius 2 is 2.14 bits per heavy atom. The van der Waals surface area contributed by atoms with Gasteiger partial charge in [-0.15, -0.1) is 11.3 Å². The Labute approximate surface area is 167 Å². The fraction of sp³-hybridized carbons (Fsp3) is 0.400. The van der Waals surface area contributed by atoms with E-state index in [0.717, 1.165) is 23.9 Å². The predicted octanol–water partition coefficient (Wildman–Crippen LogP) is 3.71. The van der Waals surface area contributed by atoms with Crippen molar-refractivity contribution in [3.8, 4) is 0 Å². The fourth-order valence-electron chi connectivity index (χ4n) is 3.60. The highest BCUT2D eigenvalue weighted by Crippen LogP contribution is 2.24. The number of fused-ring (bicyclic) bond motifs is 1. The molecule has 3 aromatic heterocycles. The molecule has 0 radical (unpaired) electrons. The van der Waals surface area contributed by atoms with Gasteiger partial charge in [0.1, 0.15) is 6.04 Å². The molecule has 3 aromatic rings. The van der Waals surface area contributed by atoms with E-state index in [1.165, 1.54) is 11.3 Å². The topological polar surface area (TPSA) is 80.1 Å². The molecule has 0 spiro atoms. The number of pyridine rings is 1. The average molecular weight is 398 g/mol. The summed E-state index contributed by atoms with van der Waals surface area (Å²) in [7, 11) is 0. The predicted molar refractivity (Wildman–Crippen MR) is 110 cm³/mol. The zero-order valence-corrected chi connectivity index (χ0v) is 16.8. The number of rotatable bonds is 4. The van der Waals surface area contributed by atoms with Crippen molar-refractivity contribution in [3.05, 3.63) is 40.8 Å². The number of aromatic nitrogens is 3. The van der Waals surface area contributed by atoms with E-state index in [-0.39, 0.29) is 17.9 Å². The number of likely N-dealkylation sites (tertiary alicyclic amines) is 1. The molecule has 2 amide bonds. The Kier molecular flexibility index (Phi) is 5.13. The highest BCUT2D eigenvalue weighted by atomic mass is 32.1. The molecule has 1 aliphatic heterocycles. The van der Waals surface area contributed by atoms with Crippen LogP contribution in [0.2, 0.25) is 0 Å². The first-order valence-corrected chi connectivity index (χ1v) is 10.4. The normalized spacial score (nSPS) is 17.2. The minimum absolute atomic E-state index is 0.0679. The molecule has 28 heavy (non-hydrogen) atoms. The zero-order valence-electron chi connectivity index (χ0n) is 16.0. The van der Waals surface area contributed by atoms with Gasteiger partial charge in [0, 0.05) is 18.0 Å². The minimum Gasteiger partial charge on any atom is -0.326 e. The molecular weight excluding hydrogens is 374 g/mol. The summed E-state index contributed by atoms with van der Waals surface area (Å²) in [6.45, 7) is 4.70. The van der Waals surface area contributed by atoms with Gasteiger partial charge in [0.15, 0.2) is 5.65 Å². The van der Waals surface area contributed by atoms with Crippen molar-refractivity contribution in [2.75, 3.05) is 11.9 Å². The van der Waals surface area contributed by atoms with Crippen molar-refractivity contribution >= 4 is 39.9 Å². The molecule has 0 aliphatic carbocycles. The van der Waals surface area contributed by atoms with Crippen molar-refractivity contribution < 1.29 is 9.59 Å². The van der Waals surface area contributed by atoms with Gasteiger partial charge in [-0.05, 0) is 50.6 Å². The van der Waals surface area contributed by atoms with Crippen LogP contribution in [0.1, 0.15) is 48.8 Å². The Morgan fingerprint density at radius 1 is 1.29 bits per heavy atom. The summed E-state index contributed by atoms with van der Waals surface area (Å²) in [6.07, 6.45) is 5.93. The highest BCUT2D eigenvalue weighted by molar-refractivity contribution is 7.12. The van der Waals surface area contributed by atoms with Crippen LogP contribution in [0.3, 0.4) is 0 Å². The first-order chi connectivity index (χ1) is 13.5. The number of hydrogen-bond acceptors (Lipinski definition) is 5. The Bertz CT molecular complexity index is 995. The molecule has 146 valence electrons. The largest absolute Gasteiger partial charge is 0.326 e. The number of piperidine rings is 1. The van der Waals surface area contributed by atoms with Crippen molar-refractivity contribution in [1.29, 1.82) is 0 Å². The molecule has 1 unspecified atom stereocenters. The number of carbonyl (C=O) groups excluding carboxylic acids is 2. The maximum Gasteiger partial charge on any atom is 0.264 e. The van der Waals surface area contributed by atoms with E-state index in [0.29, 0.717) is 23.5 Å². The number of amides is 2. The van der Waals surface area contributed by atoms with E-state index >= 15 is 0 Å². The number of thiophene rings is 1. The third-order valence-electron chi connectivity index (χ3n) is 4.99. The molecule has 1 N–H and O–H groups in total. The van der Waals surface area contributed by atoms with Crippen LogP contribution in [0.4, 0.5) is 5.69 Å². The number of nitrogens with one attached hydrogen (secondary N) is 1. The van der Waals surface area contributed by atoms with E-state index in [1.54, 1.807) is 23.4 Å². The standard InChI is InChI=1S/C20H23N5O2S/c1-13(2)25-18-14(11-22-25)10-15(12-21-18)23-19(26)16-6-3-4-8-24(16)20(27)17-7-5-9-28-17/h5,7,9-13,16H,3-4,6,8H2,1-2H3,(H,23,26). The van der Waals surface area contributed by atoms with E-state index < -0.39 is 6.04 Å². The van der Waals surface area contributed by atoms with Crippen LogP contribution in [0.15, 0.2) is 36.0 Å². The lowest BCUT2D eigenvalue weighted by Gasteiger charge is -2.34. The van der Waals surface area contributed by atoms with Crippen LogP contribution in [0, 0.1) is 0 Å². The number of carbonyl (C=O) groups is 2. The number of nitrogens with zero attached hydrogens (tertiary/aromatic N) is 4. The lowest BCUT2D eigenvalue weighted by molar-refractivity contribution is -0.121. The lowest BCUT2D eigenvalue weighted by Crippen LogP contribution is -2.49. The maximum absolute atomic E-state index is 13.0. The summed E-state index contributed by atoms with van der Waals surface area (Å²) < 4.78 is 1.85. The molecule has 4 rings (SSSR count). The van der Waals surface area contributed by atoms with Crippen LogP contribution in [-0.4, -0.2) is 44.1 Å². The smallest absolute Gasteiger partial charge is 0.264 e. The number of hydrogen-bond donors (Lipinski definition) is 1. The van der Waals surface area contributed by atoms with Crippen molar-refractivity contribution in [3.63, 3.8) is 0 Å². The van der Waals surface area contributed by atoms with Gasteiger partial charge in [0.2, 0.25) is 5.91 Å². The van der Waals surface area contributed by atoms with Crippen molar-refractivity contribution in [1.82, 2.24) is 19.7 Å². The Balaban J connectivity index is 1.53. The van der Waals surface area contributed by atoms with E-state index in [4.69, 9.17) is 0 Å². The zero-order chi connectivity index (χ0) is 19.7.